The highest BCUT2D eigenvalue weighted by Crippen LogP contribution is 2.10. The van der Waals surface area contributed by atoms with Crippen LogP contribution in [0.3, 0.4) is 0 Å². The first kappa shape index (κ1) is 14.0. The zero-order chi connectivity index (χ0) is 13.2. The summed E-state index contributed by atoms with van der Waals surface area (Å²) in [6.45, 7) is 1.17. The highest BCUT2D eigenvalue weighted by atomic mass is 16.5. The number of hydrogen-bond donors (Lipinski definition) is 1. The van der Waals surface area contributed by atoms with Crippen LogP contribution < -0.4 is 10.1 Å². The van der Waals surface area contributed by atoms with Crippen molar-refractivity contribution in [3.8, 4) is 11.8 Å². The van der Waals surface area contributed by atoms with Crippen molar-refractivity contribution in [1.29, 1.82) is 5.26 Å². The van der Waals surface area contributed by atoms with Gasteiger partial charge in [-0.15, -0.1) is 0 Å². The van der Waals surface area contributed by atoms with Gasteiger partial charge in [0.2, 0.25) is 0 Å². The summed E-state index contributed by atoms with van der Waals surface area (Å²) >= 11 is 0. The summed E-state index contributed by atoms with van der Waals surface area (Å²) in [6, 6.07) is 8.63. The van der Waals surface area contributed by atoms with Crippen LogP contribution in [-0.2, 0) is 9.53 Å². The Morgan fingerprint density at radius 1 is 1.39 bits per heavy atom. The molecule has 0 aliphatic heterocycles. The van der Waals surface area contributed by atoms with Gasteiger partial charge in [0.15, 0.2) is 6.61 Å². The second-order valence-electron chi connectivity index (χ2n) is 3.62. The van der Waals surface area contributed by atoms with Crippen LogP contribution in [-0.4, -0.2) is 32.8 Å². The minimum absolute atomic E-state index is 0.0289. The van der Waals surface area contributed by atoms with Crippen LogP contribution in [0, 0.1) is 11.3 Å². The Morgan fingerprint density at radius 3 is 2.72 bits per heavy atom. The molecule has 0 heterocycles. The largest absolute Gasteiger partial charge is 0.484 e. The Morgan fingerprint density at radius 2 is 2.11 bits per heavy atom. The SMILES string of the molecule is COCCCNC(=O)COc1ccc(C#N)cc1. The maximum Gasteiger partial charge on any atom is 0.257 e. The highest BCUT2D eigenvalue weighted by Gasteiger charge is 2.02. The number of carbonyl (C=O) groups is 1. The lowest BCUT2D eigenvalue weighted by Crippen LogP contribution is -2.30. The maximum absolute atomic E-state index is 11.4. The third-order valence-corrected chi connectivity index (χ3v) is 2.20. The minimum atomic E-state index is -0.171. The molecule has 0 atom stereocenters. The number of hydrogen-bond acceptors (Lipinski definition) is 4. The lowest BCUT2D eigenvalue weighted by atomic mass is 10.2. The van der Waals surface area contributed by atoms with Gasteiger partial charge in [-0.1, -0.05) is 0 Å². The van der Waals surface area contributed by atoms with Crippen molar-refractivity contribution < 1.29 is 14.3 Å². The van der Waals surface area contributed by atoms with E-state index in [0.717, 1.165) is 6.42 Å². The number of carbonyl (C=O) groups excluding carboxylic acids is 1. The topological polar surface area (TPSA) is 71.3 Å². The predicted octanol–water partition coefficient (Wildman–Crippen LogP) is 1.09. The molecular weight excluding hydrogens is 232 g/mol. The van der Waals surface area contributed by atoms with Gasteiger partial charge >= 0.3 is 0 Å². The summed E-state index contributed by atoms with van der Waals surface area (Å²) in [4.78, 5) is 11.4. The van der Waals surface area contributed by atoms with E-state index in [-0.39, 0.29) is 12.5 Å². The molecule has 1 aromatic rings. The number of rotatable bonds is 7. The number of benzene rings is 1. The number of nitrogens with zero attached hydrogens (tertiary/aromatic N) is 1. The van der Waals surface area contributed by atoms with Crippen LogP contribution in [0.2, 0.25) is 0 Å². The average molecular weight is 248 g/mol. The molecule has 0 bridgehead atoms. The van der Waals surface area contributed by atoms with Crippen LogP contribution in [0.15, 0.2) is 24.3 Å². The Kier molecular flexibility index (Phi) is 6.30. The molecule has 1 amide bonds. The van der Waals surface area contributed by atoms with E-state index >= 15 is 0 Å². The molecule has 5 heteroatoms. The number of methoxy groups -OCH3 is 1. The smallest absolute Gasteiger partial charge is 0.257 e. The molecule has 0 aliphatic carbocycles. The van der Waals surface area contributed by atoms with E-state index in [4.69, 9.17) is 14.7 Å². The molecule has 0 radical (unpaired) electrons. The summed E-state index contributed by atoms with van der Waals surface area (Å²) in [5, 5.41) is 11.3. The molecule has 18 heavy (non-hydrogen) atoms. The van der Waals surface area contributed by atoms with Crippen molar-refractivity contribution in [2.24, 2.45) is 0 Å². The van der Waals surface area contributed by atoms with Gasteiger partial charge in [0.1, 0.15) is 5.75 Å². The molecule has 0 fully saturated rings. The first-order chi connectivity index (χ1) is 8.76. The van der Waals surface area contributed by atoms with E-state index in [1.807, 2.05) is 6.07 Å². The minimum Gasteiger partial charge on any atom is -0.484 e. The molecule has 96 valence electrons. The van der Waals surface area contributed by atoms with Crippen LogP contribution in [0.5, 0.6) is 5.75 Å². The second kappa shape index (κ2) is 8.09. The van der Waals surface area contributed by atoms with Gasteiger partial charge in [0.05, 0.1) is 11.6 Å². The Bertz CT molecular complexity index is 409. The summed E-state index contributed by atoms with van der Waals surface area (Å²) in [5.74, 6) is 0.400. The number of nitriles is 1. The Labute approximate surface area is 106 Å². The molecule has 5 nitrogen and oxygen atoms in total. The van der Waals surface area contributed by atoms with E-state index in [1.54, 1.807) is 31.4 Å². The molecule has 0 aliphatic rings. The van der Waals surface area contributed by atoms with Crippen LogP contribution in [0.4, 0.5) is 0 Å². The van der Waals surface area contributed by atoms with Crippen molar-refractivity contribution in [3.05, 3.63) is 29.8 Å². The van der Waals surface area contributed by atoms with Crippen molar-refractivity contribution in [3.63, 3.8) is 0 Å². The lowest BCUT2D eigenvalue weighted by molar-refractivity contribution is -0.123. The fourth-order valence-electron chi connectivity index (χ4n) is 1.27. The summed E-state index contributed by atoms with van der Waals surface area (Å²) in [6.07, 6.45) is 0.777. The van der Waals surface area contributed by atoms with Crippen LogP contribution in [0.25, 0.3) is 0 Å². The summed E-state index contributed by atoms with van der Waals surface area (Å²) in [5.41, 5.74) is 0.561. The molecule has 1 rings (SSSR count). The van der Waals surface area contributed by atoms with Gasteiger partial charge in [-0.3, -0.25) is 4.79 Å². The van der Waals surface area contributed by atoms with E-state index < -0.39 is 0 Å². The van der Waals surface area contributed by atoms with Gasteiger partial charge in [0, 0.05) is 20.3 Å². The molecule has 0 aromatic heterocycles. The average Bonchev–Trinajstić information content (AvgIpc) is 2.42. The Balaban J connectivity index is 2.23. The van der Waals surface area contributed by atoms with E-state index in [1.165, 1.54) is 0 Å². The van der Waals surface area contributed by atoms with Gasteiger partial charge in [-0.2, -0.15) is 5.26 Å². The molecular formula is C13H16N2O3. The summed E-state index contributed by atoms with van der Waals surface area (Å²) < 4.78 is 10.1. The highest BCUT2D eigenvalue weighted by molar-refractivity contribution is 5.77. The normalized spacial score (nSPS) is 9.56. The van der Waals surface area contributed by atoms with Gasteiger partial charge in [-0.25, -0.2) is 0 Å². The quantitative estimate of drug-likeness (QED) is 0.733. The van der Waals surface area contributed by atoms with Crippen LogP contribution in [0.1, 0.15) is 12.0 Å². The standard InChI is InChI=1S/C13H16N2O3/c1-17-8-2-7-15-13(16)10-18-12-5-3-11(9-14)4-6-12/h3-6H,2,7-8,10H2,1H3,(H,15,16). The molecule has 0 saturated heterocycles. The van der Waals surface area contributed by atoms with E-state index in [0.29, 0.717) is 24.5 Å². The molecule has 0 spiro atoms. The second-order valence-corrected chi connectivity index (χ2v) is 3.62. The third kappa shape index (κ3) is 5.32. The number of amides is 1. The molecule has 0 unspecified atom stereocenters. The maximum atomic E-state index is 11.4. The first-order valence-corrected chi connectivity index (χ1v) is 5.65. The molecule has 0 saturated carbocycles. The van der Waals surface area contributed by atoms with E-state index in [2.05, 4.69) is 5.32 Å². The number of nitrogens with one attached hydrogen (secondary N) is 1. The fourth-order valence-corrected chi connectivity index (χ4v) is 1.27. The predicted molar refractivity (Wildman–Crippen MR) is 66.2 cm³/mol. The first-order valence-electron chi connectivity index (χ1n) is 5.65. The summed E-state index contributed by atoms with van der Waals surface area (Å²) in [7, 11) is 1.62. The van der Waals surface area contributed by atoms with Crippen molar-refractivity contribution in [2.45, 2.75) is 6.42 Å². The Hall–Kier alpha value is -2.06. The van der Waals surface area contributed by atoms with E-state index in [9.17, 15) is 4.79 Å². The fraction of sp³-hybridized carbons (Fsp3) is 0.385. The zero-order valence-electron chi connectivity index (χ0n) is 10.3. The van der Waals surface area contributed by atoms with Gasteiger partial charge in [0.25, 0.3) is 5.91 Å². The molecule has 1 aromatic carbocycles. The van der Waals surface area contributed by atoms with Crippen LogP contribution >= 0.6 is 0 Å². The zero-order valence-corrected chi connectivity index (χ0v) is 10.3. The third-order valence-electron chi connectivity index (χ3n) is 2.20. The van der Waals surface area contributed by atoms with Crippen molar-refractivity contribution in [2.75, 3.05) is 26.9 Å². The number of ether oxygens (including phenoxy) is 2. The van der Waals surface area contributed by atoms with Gasteiger partial charge < -0.3 is 14.8 Å². The van der Waals surface area contributed by atoms with Crippen molar-refractivity contribution >= 4 is 5.91 Å². The van der Waals surface area contributed by atoms with Gasteiger partial charge in [-0.05, 0) is 30.7 Å². The monoisotopic (exact) mass is 248 g/mol. The molecule has 1 N–H and O–H groups in total. The van der Waals surface area contributed by atoms with Crippen molar-refractivity contribution in [1.82, 2.24) is 5.32 Å². The lowest BCUT2D eigenvalue weighted by Gasteiger charge is -2.07.